The van der Waals surface area contributed by atoms with Gasteiger partial charge in [0, 0.05) is 24.7 Å². The summed E-state index contributed by atoms with van der Waals surface area (Å²) in [4.78, 5) is 36.2. The van der Waals surface area contributed by atoms with Gasteiger partial charge >= 0.3 is 5.97 Å². The van der Waals surface area contributed by atoms with E-state index < -0.39 is 4.92 Å². The van der Waals surface area contributed by atoms with Gasteiger partial charge in [0.25, 0.3) is 11.6 Å². The lowest BCUT2D eigenvalue weighted by atomic mass is 9.97. The van der Waals surface area contributed by atoms with Crippen LogP contribution in [0.3, 0.4) is 0 Å². The minimum atomic E-state index is -0.628. The number of esters is 1. The van der Waals surface area contributed by atoms with Gasteiger partial charge in [0.2, 0.25) is 0 Å². The van der Waals surface area contributed by atoms with Crippen LogP contribution in [0.5, 0.6) is 0 Å². The van der Waals surface area contributed by atoms with E-state index in [1.54, 1.807) is 6.92 Å². The number of piperidine rings is 1. The Bertz CT molecular complexity index is 634. The third-order valence-electron chi connectivity index (χ3n) is 3.72. The molecule has 7 nitrogen and oxygen atoms in total. The number of hydrogen-bond donors (Lipinski definition) is 0. The summed E-state index contributed by atoms with van der Waals surface area (Å²) >= 11 is 5.75. The fraction of sp³-hybridized carbons (Fsp3) is 0.467. The van der Waals surface area contributed by atoms with E-state index in [-0.39, 0.29) is 40.6 Å². The molecule has 0 N–H and O–H groups in total. The maximum atomic E-state index is 12.5. The summed E-state index contributed by atoms with van der Waals surface area (Å²) in [5.74, 6) is -1.01. The third kappa shape index (κ3) is 3.98. The zero-order chi connectivity index (χ0) is 17.0. The minimum Gasteiger partial charge on any atom is -0.466 e. The molecule has 0 spiro atoms. The molecular weight excluding hydrogens is 324 g/mol. The Morgan fingerprint density at radius 3 is 2.87 bits per heavy atom. The molecule has 0 radical (unpaired) electrons. The van der Waals surface area contributed by atoms with E-state index in [9.17, 15) is 19.7 Å². The molecule has 0 unspecified atom stereocenters. The van der Waals surface area contributed by atoms with Crippen molar-refractivity contribution in [3.63, 3.8) is 0 Å². The van der Waals surface area contributed by atoms with Crippen molar-refractivity contribution in [1.82, 2.24) is 4.90 Å². The fourth-order valence-electron chi connectivity index (χ4n) is 2.58. The van der Waals surface area contributed by atoms with Gasteiger partial charge in [-0.1, -0.05) is 11.6 Å². The first-order valence-corrected chi connectivity index (χ1v) is 7.71. The Balaban J connectivity index is 2.15. The maximum Gasteiger partial charge on any atom is 0.310 e. The summed E-state index contributed by atoms with van der Waals surface area (Å²) < 4.78 is 5.00. The van der Waals surface area contributed by atoms with Gasteiger partial charge in [-0.2, -0.15) is 0 Å². The van der Waals surface area contributed by atoms with Crippen molar-refractivity contribution < 1.29 is 19.2 Å². The number of ether oxygens (including phenoxy) is 1. The predicted molar refractivity (Wildman–Crippen MR) is 83.4 cm³/mol. The van der Waals surface area contributed by atoms with E-state index in [1.165, 1.54) is 23.1 Å². The molecule has 1 amide bonds. The third-order valence-corrected chi connectivity index (χ3v) is 4.04. The first-order chi connectivity index (χ1) is 10.9. The van der Waals surface area contributed by atoms with Crippen molar-refractivity contribution in [2.45, 2.75) is 19.8 Å². The second kappa shape index (κ2) is 7.41. The van der Waals surface area contributed by atoms with Crippen LogP contribution in [0.4, 0.5) is 5.69 Å². The quantitative estimate of drug-likeness (QED) is 0.477. The van der Waals surface area contributed by atoms with E-state index in [1.807, 2.05) is 0 Å². The standard InChI is InChI=1S/C15H17ClN2O5/c1-2-23-15(20)11-4-3-7-17(9-11)14(19)10-5-6-12(16)13(8-10)18(21)22/h5-6,8,11H,2-4,7,9H2,1H3/t11-/m0/s1. The number of nitrogens with zero attached hydrogens (tertiary/aromatic N) is 2. The number of nitro benzene ring substituents is 1. The van der Waals surface area contributed by atoms with Gasteiger partial charge in [0.1, 0.15) is 5.02 Å². The number of rotatable bonds is 4. The van der Waals surface area contributed by atoms with Crippen LogP contribution in [0.1, 0.15) is 30.1 Å². The first-order valence-electron chi connectivity index (χ1n) is 7.34. The Hall–Kier alpha value is -2.15. The average molecular weight is 341 g/mol. The molecule has 1 aromatic carbocycles. The highest BCUT2D eigenvalue weighted by Gasteiger charge is 2.30. The molecule has 1 fully saturated rings. The lowest BCUT2D eigenvalue weighted by molar-refractivity contribution is -0.384. The molecule has 0 aliphatic carbocycles. The number of halogens is 1. The molecule has 2 rings (SSSR count). The molecule has 1 aromatic rings. The minimum absolute atomic E-state index is 0.0189. The summed E-state index contributed by atoms with van der Waals surface area (Å²) in [6.45, 7) is 2.79. The van der Waals surface area contributed by atoms with Crippen molar-refractivity contribution in [2.24, 2.45) is 5.92 Å². The molecule has 1 heterocycles. The van der Waals surface area contributed by atoms with Gasteiger partial charge in [-0.05, 0) is 31.9 Å². The van der Waals surface area contributed by atoms with Crippen LogP contribution >= 0.6 is 11.6 Å². The monoisotopic (exact) mass is 340 g/mol. The lowest BCUT2D eigenvalue weighted by Gasteiger charge is -2.31. The molecule has 0 aromatic heterocycles. The molecule has 1 aliphatic rings. The molecule has 23 heavy (non-hydrogen) atoms. The van der Waals surface area contributed by atoms with E-state index >= 15 is 0 Å². The number of hydrogen-bond acceptors (Lipinski definition) is 5. The highest BCUT2D eigenvalue weighted by Crippen LogP contribution is 2.27. The van der Waals surface area contributed by atoms with Crippen molar-refractivity contribution in [1.29, 1.82) is 0 Å². The number of benzene rings is 1. The van der Waals surface area contributed by atoms with Gasteiger partial charge < -0.3 is 9.64 Å². The summed E-state index contributed by atoms with van der Waals surface area (Å²) in [6, 6.07) is 3.95. The molecule has 1 aliphatic heterocycles. The Labute approximate surface area is 138 Å². The van der Waals surface area contributed by atoms with Gasteiger partial charge in [-0.25, -0.2) is 0 Å². The van der Waals surface area contributed by atoms with E-state index in [0.29, 0.717) is 26.0 Å². The Morgan fingerprint density at radius 2 is 2.22 bits per heavy atom. The fourth-order valence-corrected chi connectivity index (χ4v) is 2.77. The average Bonchev–Trinajstić information content (AvgIpc) is 2.54. The maximum absolute atomic E-state index is 12.5. The van der Waals surface area contributed by atoms with Gasteiger partial charge in [0.15, 0.2) is 0 Å². The van der Waals surface area contributed by atoms with Crippen molar-refractivity contribution in [3.05, 3.63) is 38.9 Å². The molecular formula is C15H17ClN2O5. The van der Waals surface area contributed by atoms with Crippen LogP contribution in [-0.4, -0.2) is 41.4 Å². The predicted octanol–water partition coefficient (Wildman–Crippen LogP) is 2.66. The smallest absolute Gasteiger partial charge is 0.310 e. The van der Waals surface area contributed by atoms with Gasteiger partial charge in [-0.3, -0.25) is 19.7 Å². The topological polar surface area (TPSA) is 89.8 Å². The number of nitro groups is 1. The van der Waals surface area contributed by atoms with E-state index in [2.05, 4.69) is 0 Å². The van der Waals surface area contributed by atoms with Crippen LogP contribution in [0.25, 0.3) is 0 Å². The molecule has 124 valence electrons. The Kier molecular flexibility index (Phi) is 5.54. The molecule has 1 saturated heterocycles. The number of amides is 1. The zero-order valence-electron chi connectivity index (χ0n) is 12.7. The molecule has 1 atom stereocenters. The van der Waals surface area contributed by atoms with Gasteiger partial charge in [0.05, 0.1) is 17.4 Å². The summed E-state index contributed by atoms with van der Waals surface area (Å²) in [7, 11) is 0. The molecule has 0 saturated carbocycles. The van der Waals surface area contributed by atoms with Gasteiger partial charge in [-0.15, -0.1) is 0 Å². The molecule has 8 heteroatoms. The van der Waals surface area contributed by atoms with Crippen LogP contribution in [-0.2, 0) is 9.53 Å². The zero-order valence-corrected chi connectivity index (χ0v) is 13.4. The highest BCUT2D eigenvalue weighted by molar-refractivity contribution is 6.32. The first kappa shape index (κ1) is 17.2. The van der Waals surface area contributed by atoms with Crippen molar-refractivity contribution in [3.8, 4) is 0 Å². The lowest BCUT2D eigenvalue weighted by Crippen LogP contribution is -2.42. The number of likely N-dealkylation sites (tertiary alicyclic amines) is 1. The highest BCUT2D eigenvalue weighted by atomic mass is 35.5. The summed E-state index contributed by atoms with van der Waals surface area (Å²) in [6.07, 6.45) is 1.36. The second-order valence-electron chi connectivity index (χ2n) is 5.27. The number of carbonyl (C=O) groups excluding carboxylic acids is 2. The summed E-state index contributed by atoms with van der Waals surface area (Å²) in [5, 5.41) is 10.9. The van der Waals surface area contributed by atoms with E-state index in [0.717, 1.165) is 0 Å². The van der Waals surface area contributed by atoms with Crippen molar-refractivity contribution in [2.75, 3.05) is 19.7 Å². The van der Waals surface area contributed by atoms with E-state index in [4.69, 9.17) is 16.3 Å². The molecule has 0 bridgehead atoms. The Morgan fingerprint density at radius 1 is 1.48 bits per heavy atom. The SMILES string of the molecule is CCOC(=O)[C@H]1CCCN(C(=O)c2ccc(Cl)c([N+](=O)[O-])c2)C1. The van der Waals surface area contributed by atoms with Crippen LogP contribution in [0, 0.1) is 16.0 Å². The number of carbonyl (C=O) groups is 2. The van der Waals surface area contributed by atoms with Crippen LogP contribution in [0.15, 0.2) is 18.2 Å². The van der Waals surface area contributed by atoms with Crippen LogP contribution < -0.4 is 0 Å². The summed E-state index contributed by atoms with van der Waals surface area (Å²) in [5.41, 5.74) is -0.123. The largest absolute Gasteiger partial charge is 0.466 e. The van der Waals surface area contributed by atoms with Crippen molar-refractivity contribution >= 4 is 29.2 Å². The second-order valence-corrected chi connectivity index (χ2v) is 5.67. The normalized spacial score (nSPS) is 17.7. The van der Waals surface area contributed by atoms with Crippen LogP contribution in [0.2, 0.25) is 5.02 Å².